The number of rotatable bonds is 4. The van der Waals surface area contributed by atoms with Crippen molar-refractivity contribution in [1.29, 1.82) is 0 Å². The van der Waals surface area contributed by atoms with Crippen LogP contribution in [0.5, 0.6) is 5.75 Å². The largest absolute Gasteiger partial charge is 0.497 e. The number of halogens is 5. The van der Waals surface area contributed by atoms with Gasteiger partial charge in [0.1, 0.15) is 5.75 Å². The number of carbonyl (C=O) groups is 1. The summed E-state index contributed by atoms with van der Waals surface area (Å²) in [6.45, 7) is 0. The maximum absolute atomic E-state index is 13.7. The third kappa shape index (κ3) is 4.35. The van der Waals surface area contributed by atoms with Gasteiger partial charge in [-0.3, -0.25) is 4.79 Å². The molecule has 4 rings (SSSR count). The first-order valence-electron chi connectivity index (χ1n) is 9.04. The van der Waals surface area contributed by atoms with Crippen LogP contribution in [0.25, 0.3) is 16.9 Å². The lowest BCUT2D eigenvalue weighted by molar-refractivity contribution is -0.142. The number of anilines is 1. The van der Waals surface area contributed by atoms with Gasteiger partial charge in [0.15, 0.2) is 17.0 Å². The van der Waals surface area contributed by atoms with E-state index in [2.05, 4.69) is 15.4 Å². The molecule has 1 amide bonds. The summed E-state index contributed by atoms with van der Waals surface area (Å²) in [4.78, 5) is 16.9. The minimum Gasteiger partial charge on any atom is -0.497 e. The Hall–Kier alpha value is -3.30. The fourth-order valence-electron chi connectivity index (χ4n) is 2.97. The Bertz CT molecular complexity index is 1320. The summed E-state index contributed by atoms with van der Waals surface area (Å²) >= 11 is 11.9. The number of methoxy groups -OCH3 is 1. The summed E-state index contributed by atoms with van der Waals surface area (Å²) in [5.41, 5.74) is -0.726. The first-order valence-corrected chi connectivity index (χ1v) is 9.80. The lowest BCUT2D eigenvalue weighted by Crippen LogP contribution is -2.16. The second-order valence-corrected chi connectivity index (χ2v) is 7.47. The molecular weight excluding hydrogens is 468 g/mol. The molecule has 2 heterocycles. The standard InChI is InChI=1S/C21H13Cl2F3N4O2/c1-32-13-5-2-11(3-6-13)16-9-18(21(24,25)26)30-19(27-16)10-17(29-30)20(31)28-15-7-4-12(22)8-14(15)23/h2-10H,1H3,(H,28,31). The second-order valence-electron chi connectivity index (χ2n) is 6.63. The van der Waals surface area contributed by atoms with Crippen molar-refractivity contribution in [3.63, 3.8) is 0 Å². The van der Waals surface area contributed by atoms with Crippen LogP contribution in [0.15, 0.2) is 54.6 Å². The summed E-state index contributed by atoms with van der Waals surface area (Å²) in [7, 11) is 1.48. The topological polar surface area (TPSA) is 68.5 Å². The van der Waals surface area contributed by atoms with Gasteiger partial charge < -0.3 is 10.1 Å². The van der Waals surface area contributed by atoms with Crippen molar-refractivity contribution < 1.29 is 22.7 Å². The highest BCUT2D eigenvalue weighted by molar-refractivity contribution is 6.36. The molecule has 2 aromatic carbocycles. The smallest absolute Gasteiger partial charge is 0.433 e. The highest BCUT2D eigenvalue weighted by Gasteiger charge is 2.35. The molecule has 0 saturated heterocycles. The molecule has 32 heavy (non-hydrogen) atoms. The molecule has 0 fully saturated rings. The Kier molecular flexibility index (Phi) is 5.70. The van der Waals surface area contributed by atoms with Gasteiger partial charge in [-0.1, -0.05) is 23.2 Å². The highest BCUT2D eigenvalue weighted by atomic mass is 35.5. The van der Waals surface area contributed by atoms with E-state index in [4.69, 9.17) is 27.9 Å². The highest BCUT2D eigenvalue weighted by Crippen LogP contribution is 2.33. The van der Waals surface area contributed by atoms with E-state index in [1.54, 1.807) is 24.3 Å². The fraction of sp³-hybridized carbons (Fsp3) is 0.0952. The summed E-state index contributed by atoms with van der Waals surface area (Å²) in [5, 5.41) is 6.86. The Balaban J connectivity index is 1.76. The number of ether oxygens (including phenoxy) is 1. The molecule has 164 valence electrons. The van der Waals surface area contributed by atoms with E-state index in [9.17, 15) is 18.0 Å². The Morgan fingerprint density at radius 1 is 1.06 bits per heavy atom. The number of hydrogen-bond acceptors (Lipinski definition) is 4. The van der Waals surface area contributed by atoms with Crippen LogP contribution in [0.4, 0.5) is 18.9 Å². The zero-order valence-corrected chi connectivity index (χ0v) is 17.8. The molecule has 0 spiro atoms. The number of nitrogens with zero attached hydrogens (tertiary/aromatic N) is 3. The number of aromatic nitrogens is 3. The Morgan fingerprint density at radius 2 is 1.78 bits per heavy atom. The van der Waals surface area contributed by atoms with Gasteiger partial charge in [-0.25, -0.2) is 9.50 Å². The third-order valence-electron chi connectivity index (χ3n) is 4.52. The number of alkyl halides is 3. The number of nitrogens with one attached hydrogen (secondary N) is 1. The van der Waals surface area contributed by atoms with E-state index >= 15 is 0 Å². The predicted molar refractivity (Wildman–Crippen MR) is 114 cm³/mol. The van der Waals surface area contributed by atoms with Gasteiger partial charge in [0.05, 0.1) is 23.5 Å². The van der Waals surface area contributed by atoms with Crippen LogP contribution in [0.1, 0.15) is 16.2 Å². The Morgan fingerprint density at radius 3 is 2.41 bits per heavy atom. The van der Waals surface area contributed by atoms with Gasteiger partial charge in [-0.2, -0.15) is 18.3 Å². The van der Waals surface area contributed by atoms with Crippen LogP contribution in [-0.2, 0) is 6.18 Å². The van der Waals surface area contributed by atoms with Gasteiger partial charge in [0.25, 0.3) is 5.91 Å². The number of hydrogen-bond donors (Lipinski definition) is 1. The van der Waals surface area contributed by atoms with Crippen molar-refractivity contribution in [2.75, 3.05) is 12.4 Å². The van der Waals surface area contributed by atoms with E-state index in [0.717, 1.165) is 6.07 Å². The number of fused-ring (bicyclic) bond motifs is 1. The molecule has 0 aliphatic rings. The van der Waals surface area contributed by atoms with Crippen LogP contribution in [0.2, 0.25) is 10.0 Å². The van der Waals surface area contributed by atoms with E-state index in [1.807, 2.05) is 0 Å². The Labute approximate surface area is 189 Å². The van der Waals surface area contributed by atoms with Crippen LogP contribution in [0, 0.1) is 0 Å². The van der Waals surface area contributed by atoms with Crippen molar-refractivity contribution in [3.05, 3.63) is 76.0 Å². The molecule has 1 N–H and O–H groups in total. The molecular formula is C21H13Cl2F3N4O2. The van der Waals surface area contributed by atoms with Gasteiger partial charge in [-0.05, 0) is 48.5 Å². The van der Waals surface area contributed by atoms with Crippen LogP contribution in [0.3, 0.4) is 0 Å². The lowest BCUT2D eigenvalue weighted by atomic mass is 10.1. The van der Waals surface area contributed by atoms with Crippen molar-refractivity contribution in [2.45, 2.75) is 6.18 Å². The summed E-state index contributed by atoms with van der Waals surface area (Å²) in [6.07, 6.45) is -4.73. The number of amides is 1. The summed E-state index contributed by atoms with van der Waals surface area (Å²) < 4.78 is 46.9. The van der Waals surface area contributed by atoms with E-state index in [-0.39, 0.29) is 27.7 Å². The molecule has 6 nitrogen and oxygen atoms in total. The molecule has 0 radical (unpaired) electrons. The van der Waals surface area contributed by atoms with Gasteiger partial charge >= 0.3 is 6.18 Å². The molecule has 11 heteroatoms. The van der Waals surface area contributed by atoms with Crippen LogP contribution < -0.4 is 10.1 Å². The predicted octanol–water partition coefficient (Wildman–Crippen LogP) is 5.98. The average molecular weight is 481 g/mol. The quantitative estimate of drug-likeness (QED) is 0.389. The maximum Gasteiger partial charge on any atom is 0.433 e. The average Bonchev–Trinajstić information content (AvgIpc) is 3.18. The molecule has 0 atom stereocenters. The third-order valence-corrected chi connectivity index (χ3v) is 5.06. The zero-order valence-electron chi connectivity index (χ0n) is 16.2. The summed E-state index contributed by atoms with van der Waals surface area (Å²) in [6, 6.07) is 12.8. The van der Waals surface area contributed by atoms with Crippen molar-refractivity contribution in [2.24, 2.45) is 0 Å². The normalized spacial score (nSPS) is 11.6. The molecule has 0 aliphatic heterocycles. The number of benzene rings is 2. The van der Waals surface area contributed by atoms with Crippen LogP contribution >= 0.6 is 23.2 Å². The van der Waals surface area contributed by atoms with Gasteiger partial charge in [0, 0.05) is 16.7 Å². The monoisotopic (exact) mass is 480 g/mol. The molecule has 2 aromatic heterocycles. The lowest BCUT2D eigenvalue weighted by Gasteiger charge is -2.11. The van der Waals surface area contributed by atoms with Gasteiger partial charge in [0.2, 0.25) is 0 Å². The zero-order chi connectivity index (χ0) is 23.0. The van der Waals surface area contributed by atoms with E-state index in [1.165, 1.54) is 31.4 Å². The molecule has 0 unspecified atom stereocenters. The molecule has 0 bridgehead atoms. The van der Waals surface area contributed by atoms with E-state index in [0.29, 0.717) is 20.9 Å². The molecule has 0 aliphatic carbocycles. The first-order chi connectivity index (χ1) is 15.2. The molecule has 4 aromatic rings. The second kappa shape index (κ2) is 8.33. The first kappa shape index (κ1) is 21.9. The maximum atomic E-state index is 13.7. The number of carbonyl (C=O) groups excluding carboxylic acids is 1. The summed E-state index contributed by atoms with van der Waals surface area (Å²) in [5.74, 6) is -0.200. The minimum atomic E-state index is -4.73. The van der Waals surface area contributed by atoms with Crippen molar-refractivity contribution >= 4 is 40.4 Å². The van der Waals surface area contributed by atoms with Crippen molar-refractivity contribution in [1.82, 2.24) is 14.6 Å². The minimum absolute atomic E-state index is 0.0695. The van der Waals surface area contributed by atoms with Crippen LogP contribution in [-0.4, -0.2) is 27.6 Å². The SMILES string of the molecule is COc1ccc(-c2cc(C(F)(F)F)n3nc(C(=O)Nc4ccc(Cl)cc4Cl)cc3n2)cc1. The fourth-order valence-corrected chi connectivity index (χ4v) is 3.43. The molecule has 0 saturated carbocycles. The van der Waals surface area contributed by atoms with Crippen molar-refractivity contribution in [3.8, 4) is 17.0 Å². The van der Waals surface area contributed by atoms with E-state index < -0.39 is 17.8 Å². The van der Waals surface area contributed by atoms with Gasteiger partial charge in [-0.15, -0.1) is 0 Å².